The van der Waals surface area contributed by atoms with E-state index in [1.54, 1.807) is 49.6 Å². The molecule has 0 aliphatic rings. The molecule has 29 heavy (non-hydrogen) atoms. The molecule has 0 spiro atoms. The summed E-state index contributed by atoms with van der Waals surface area (Å²) in [7, 11) is -3.72. The van der Waals surface area contributed by atoms with Crippen molar-refractivity contribution in [1.82, 2.24) is 10.3 Å². The van der Waals surface area contributed by atoms with E-state index in [0.29, 0.717) is 17.8 Å². The Morgan fingerprint density at radius 1 is 1.07 bits per heavy atom. The number of hydrogen-bond acceptors (Lipinski definition) is 5. The first kappa shape index (κ1) is 20.8. The predicted octanol–water partition coefficient (Wildman–Crippen LogP) is 3.60. The second-order valence-electron chi connectivity index (χ2n) is 6.36. The molecule has 8 heteroatoms. The molecule has 0 saturated carbocycles. The van der Waals surface area contributed by atoms with Crippen molar-refractivity contribution in [2.24, 2.45) is 0 Å². The van der Waals surface area contributed by atoms with Crippen molar-refractivity contribution in [1.29, 1.82) is 0 Å². The fourth-order valence-electron chi connectivity index (χ4n) is 2.73. The number of benzene rings is 2. The van der Waals surface area contributed by atoms with Crippen LogP contribution in [0, 0.1) is 6.92 Å². The summed E-state index contributed by atoms with van der Waals surface area (Å²) in [6.07, 6.45) is 3.35. The van der Waals surface area contributed by atoms with E-state index in [1.807, 2.05) is 6.07 Å². The molecule has 0 saturated heterocycles. The first-order chi connectivity index (χ1) is 13.9. The number of pyridine rings is 1. The van der Waals surface area contributed by atoms with Crippen LogP contribution in [0.2, 0.25) is 5.02 Å². The minimum absolute atomic E-state index is 0.0300. The van der Waals surface area contributed by atoms with Crippen LogP contribution >= 0.6 is 11.6 Å². The van der Waals surface area contributed by atoms with Gasteiger partial charge in [0, 0.05) is 24.6 Å². The van der Waals surface area contributed by atoms with Gasteiger partial charge < -0.3 is 10.6 Å². The van der Waals surface area contributed by atoms with Gasteiger partial charge in [-0.1, -0.05) is 35.9 Å². The van der Waals surface area contributed by atoms with Crippen LogP contribution in [0.1, 0.15) is 11.1 Å². The second-order valence-corrected chi connectivity index (χ2v) is 8.65. The molecule has 2 aromatic carbocycles. The van der Waals surface area contributed by atoms with E-state index in [-0.39, 0.29) is 27.3 Å². The third-order valence-corrected chi connectivity index (χ3v) is 6.76. The first-order valence-electron chi connectivity index (χ1n) is 8.88. The maximum absolute atomic E-state index is 12.8. The highest BCUT2D eigenvalue weighted by Gasteiger charge is 2.22. The van der Waals surface area contributed by atoms with Crippen molar-refractivity contribution in [3.8, 4) is 0 Å². The molecule has 0 atom stereocenters. The number of anilines is 1. The molecule has 2 N–H and O–H groups in total. The topological polar surface area (TPSA) is 88.2 Å². The van der Waals surface area contributed by atoms with Crippen LogP contribution < -0.4 is 10.6 Å². The zero-order chi connectivity index (χ0) is 20.9. The summed E-state index contributed by atoms with van der Waals surface area (Å²) in [6.45, 7) is 2.12. The van der Waals surface area contributed by atoms with E-state index in [2.05, 4.69) is 15.6 Å². The lowest BCUT2D eigenvalue weighted by atomic mass is 10.2. The van der Waals surface area contributed by atoms with Gasteiger partial charge in [0.05, 0.1) is 21.4 Å². The third-order valence-electron chi connectivity index (χ3n) is 4.35. The summed E-state index contributed by atoms with van der Waals surface area (Å²) in [4.78, 5) is 16.3. The lowest BCUT2D eigenvalue weighted by Gasteiger charge is -2.14. The van der Waals surface area contributed by atoms with E-state index in [0.717, 1.165) is 5.56 Å². The summed E-state index contributed by atoms with van der Waals surface area (Å²) in [6, 6.07) is 14.9. The number of aromatic nitrogens is 1. The fourth-order valence-corrected chi connectivity index (χ4v) is 4.60. The van der Waals surface area contributed by atoms with Gasteiger partial charge in [0.25, 0.3) is 0 Å². The molecule has 150 valence electrons. The molecule has 6 nitrogen and oxygen atoms in total. The Kier molecular flexibility index (Phi) is 6.51. The standard InChI is InChI=1S/C21H20ClN3O3S/c1-15-18(24-14-20(26)25-13-16-6-5-11-23-12-16)9-10-19(21(15)22)29(27,28)17-7-3-2-4-8-17/h2-12,24H,13-14H2,1H3,(H,25,26). The molecule has 0 aliphatic heterocycles. The average molecular weight is 430 g/mol. The van der Waals surface area contributed by atoms with Crippen LogP contribution in [0.3, 0.4) is 0 Å². The lowest BCUT2D eigenvalue weighted by Crippen LogP contribution is -2.29. The first-order valence-corrected chi connectivity index (χ1v) is 10.7. The second kappa shape index (κ2) is 9.07. The van der Waals surface area contributed by atoms with Crippen LogP contribution in [-0.2, 0) is 21.2 Å². The van der Waals surface area contributed by atoms with Gasteiger partial charge in [0.2, 0.25) is 15.7 Å². The monoisotopic (exact) mass is 429 g/mol. The summed E-state index contributed by atoms with van der Waals surface area (Å²) in [5, 5.41) is 5.93. The Balaban J connectivity index is 1.69. The highest BCUT2D eigenvalue weighted by Crippen LogP contribution is 2.33. The van der Waals surface area contributed by atoms with Crippen molar-refractivity contribution in [2.45, 2.75) is 23.3 Å². The number of hydrogen-bond donors (Lipinski definition) is 2. The van der Waals surface area contributed by atoms with Crippen molar-refractivity contribution in [3.05, 3.63) is 83.1 Å². The third kappa shape index (κ3) is 4.93. The van der Waals surface area contributed by atoms with Gasteiger partial charge in [-0.3, -0.25) is 9.78 Å². The molecule has 1 amide bonds. The van der Waals surface area contributed by atoms with Gasteiger partial charge in [-0.15, -0.1) is 0 Å². The Bertz CT molecular complexity index is 1100. The molecule has 0 radical (unpaired) electrons. The summed E-state index contributed by atoms with van der Waals surface area (Å²) >= 11 is 6.36. The highest BCUT2D eigenvalue weighted by atomic mass is 35.5. The van der Waals surface area contributed by atoms with Crippen LogP contribution in [0.15, 0.2) is 76.8 Å². The zero-order valence-corrected chi connectivity index (χ0v) is 17.3. The van der Waals surface area contributed by atoms with Crippen molar-refractivity contribution in [2.75, 3.05) is 11.9 Å². The molecule has 1 aromatic heterocycles. The number of sulfone groups is 1. The van der Waals surface area contributed by atoms with Crippen LogP contribution in [-0.4, -0.2) is 25.9 Å². The van der Waals surface area contributed by atoms with Gasteiger partial charge in [-0.2, -0.15) is 0 Å². The minimum atomic E-state index is -3.72. The minimum Gasteiger partial charge on any atom is -0.376 e. The quantitative estimate of drug-likeness (QED) is 0.599. The van der Waals surface area contributed by atoms with E-state index in [1.165, 1.54) is 18.2 Å². The Morgan fingerprint density at radius 2 is 1.83 bits per heavy atom. The predicted molar refractivity (Wildman–Crippen MR) is 113 cm³/mol. The molecule has 3 aromatic rings. The summed E-state index contributed by atoms with van der Waals surface area (Å²) < 4.78 is 25.7. The van der Waals surface area contributed by atoms with E-state index in [4.69, 9.17) is 11.6 Å². The number of halogens is 1. The molecule has 3 rings (SSSR count). The molecule has 0 unspecified atom stereocenters. The molecule has 1 heterocycles. The molecule has 0 bridgehead atoms. The number of carbonyl (C=O) groups excluding carboxylic acids is 1. The highest BCUT2D eigenvalue weighted by molar-refractivity contribution is 7.91. The molecule has 0 fully saturated rings. The van der Waals surface area contributed by atoms with Crippen LogP contribution in [0.25, 0.3) is 0 Å². The van der Waals surface area contributed by atoms with Gasteiger partial charge >= 0.3 is 0 Å². The number of nitrogens with zero attached hydrogens (tertiary/aromatic N) is 1. The molecular formula is C21H20ClN3O3S. The Morgan fingerprint density at radius 3 is 2.52 bits per heavy atom. The smallest absolute Gasteiger partial charge is 0.239 e. The largest absolute Gasteiger partial charge is 0.376 e. The fraction of sp³-hybridized carbons (Fsp3) is 0.143. The van der Waals surface area contributed by atoms with E-state index >= 15 is 0 Å². The number of nitrogens with one attached hydrogen (secondary N) is 2. The SMILES string of the molecule is Cc1c(NCC(=O)NCc2cccnc2)ccc(S(=O)(=O)c2ccccc2)c1Cl. The van der Waals surface area contributed by atoms with Crippen molar-refractivity contribution >= 4 is 33.0 Å². The van der Waals surface area contributed by atoms with Crippen molar-refractivity contribution < 1.29 is 13.2 Å². The van der Waals surface area contributed by atoms with E-state index in [9.17, 15) is 13.2 Å². The number of amides is 1. The number of carbonyl (C=O) groups is 1. The maximum Gasteiger partial charge on any atom is 0.239 e. The van der Waals surface area contributed by atoms with Gasteiger partial charge in [0.1, 0.15) is 0 Å². The number of rotatable bonds is 7. The zero-order valence-electron chi connectivity index (χ0n) is 15.7. The maximum atomic E-state index is 12.8. The average Bonchev–Trinajstić information content (AvgIpc) is 2.74. The van der Waals surface area contributed by atoms with Gasteiger partial charge in [0.15, 0.2) is 0 Å². The van der Waals surface area contributed by atoms with Gasteiger partial charge in [-0.25, -0.2) is 8.42 Å². The van der Waals surface area contributed by atoms with Gasteiger partial charge in [-0.05, 0) is 48.4 Å². The van der Waals surface area contributed by atoms with Crippen molar-refractivity contribution in [3.63, 3.8) is 0 Å². The van der Waals surface area contributed by atoms with E-state index < -0.39 is 9.84 Å². The lowest BCUT2D eigenvalue weighted by molar-refractivity contribution is -0.119. The summed E-state index contributed by atoms with van der Waals surface area (Å²) in [5.41, 5.74) is 2.05. The normalized spacial score (nSPS) is 11.1. The Hall–Kier alpha value is -2.90. The Labute approximate surface area is 174 Å². The summed E-state index contributed by atoms with van der Waals surface area (Å²) in [5.74, 6) is -0.203. The molecular weight excluding hydrogens is 410 g/mol. The molecule has 0 aliphatic carbocycles. The van der Waals surface area contributed by atoms with Crippen LogP contribution in [0.5, 0.6) is 0 Å². The van der Waals surface area contributed by atoms with Crippen LogP contribution in [0.4, 0.5) is 5.69 Å².